The Bertz CT molecular complexity index is 1330. The Hall–Kier alpha value is -3.98. The van der Waals surface area contributed by atoms with Gasteiger partial charge >= 0.3 is 0 Å². The quantitative estimate of drug-likeness (QED) is 0.252. The van der Waals surface area contributed by atoms with Crippen LogP contribution in [0, 0.1) is 10.1 Å². The molecule has 1 amide bonds. The molecule has 0 radical (unpaired) electrons. The Labute approximate surface area is 184 Å². The van der Waals surface area contributed by atoms with Gasteiger partial charge in [0.25, 0.3) is 11.6 Å². The lowest BCUT2D eigenvalue weighted by atomic mass is 10.0. The number of halogens is 1. The molecule has 0 unspecified atom stereocenters. The van der Waals surface area contributed by atoms with E-state index in [4.69, 9.17) is 0 Å². The highest BCUT2D eigenvalue weighted by molar-refractivity contribution is 9.10. The molecule has 2 N–H and O–H groups in total. The van der Waals surface area contributed by atoms with Gasteiger partial charge in [-0.3, -0.25) is 14.9 Å². The molecule has 1 heterocycles. The number of nitro groups is 1. The molecule has 3 aromatic carbocycles. The fourth-order valence-electron chi connectivity index (χ4n) is 3.24. The Balaban J connectivity index is 1.68. The molecule has 4 rings (SSSR count). The van der Waals surface area contributed by atoms with Crippen molar-refractivity contribution < 1.29 is 14.8 Å². The number of fused-ring (bicyclic) bond motifs is 1. The minimum atomic E-state index is -0.772. The van der Waals surface area contributed by atoms with Gasteiger partial charge in [0.1, 0.15) is 5.69 Å². The van der Waals surface area contributed by atoms with E-state index < -0.39 is 22.3 Å². The molecular weight excluding hydrogens is 464 g/mol. The van der Waals surface area contributed by atoms with Crippen LogP contribution in [0.5, 0.6) is 5.75 Å². The zero-order valence-corrected chi connectivity index (χ0v) is 17.4. The van der Waals surface area contributed by atoms with Gasteiger partial charge in [-0.25, -0.2) is 5.43 Å². The van der Waals surface area contributed by atoms with Gasteiger partial charge < -0.3 is 10.1 Å². The number of nitro benzene ring substituents is 1. The van der Waals surface area contributed by atoms with Gasteiger partial charge in [-0.05, 0) is 35.1 Å². The fourth-order valence-corrected chi connectivity index (χ4v) is 3.60. The van der Waals surface area contributed by atoms with Crippen molar-refractivity contribution in [3.05, 3.63) is 92.6 Å². The molecule has 0 aliphatic rings. The van der Waals surface area contributed by atoms with E-state index in [0.29, 0.717) is 11.3 Å². The highest BCUT2D eigenvalue weighted by atomic mass is 79.9. The van der Waals surface area contributed by atoms with E-state index in [-0.39, 0.29) is 5.56 Å². The van der Waals surface area contributed by atoms with Crippen LogP contribution in [0.15, 0.2) is 76.3 Å². The van der Waals surface area contributed by atoms with Crippen LogP contribution in [0.1, 0.15) is 16.1 Å². The minimum absolute atomic E-state index is 0.00152. The van der Waals surface area contributed by atoms with Crippen molar-refractivity contribution in [2.45, 2.75) is 0 Å². The molecule has 4 aromatic rings. The molecule has 0 fully saturated rings. The summed E-state index contributed by atoms with van der Waals surface area (Å²) in [7, 11) is 0. The maximum absolute atomic E-state index is 12.9. The van der Waals surface area contributed by atoms with E-state index >= 15 is 0 Å². The third kappa shape index (κ3) is 4.03. The number of benzene rings is 3. The maximum atomic E-state index is 12.9. The largest absolute Gasteiger partial charge is 0.867 e. The third-order valence-electron chi connectivity index (χ3n) is 4.64. The van der Waals surface area contributed by atoms with Crippen LogP contribution in [0.25, 0.3) is 22.0 Å². The summed E-state index contributed by atoms with van der Waals surface area (Å²) in [6.07, 6.45) is 1.09. The Morgan fingerprint density at radius 1 is 1.10 bits per heavy atom. The van der Waals surface area contributed by atoms with E-state index in [1.807, 2.05) is 48.5 Å². The predicted octanol–water partition coefficient (Wildman–Crippen LogP) is 4.34. The molecule has 0 saturated carbocycles. The molecule has 0 aliphatic heterocycles. The van der Waals surface area contributed by atoms with Crippen molar-refractivity contribution in [3.8, 4) is 16.9 Å². The summed E-state index contributed by atoms with van der Waals surface area (Å²) in [5.74, 6) is -1.29. The molecule has 1 aromatic heterocycles. The minimum Gasteiger partial charge on any atom is -0.867 e. The van der Waals surface area contributed by atoms with E-state index in [9.17, 15) is 20.0 Å². The van der Waals surface area contributed by atoms with Gasteiger partial charge in [-0.1, -0.05) is 58.4 Å². The SMILES string of the molecule is O=C(N/N=C\c1cccc([N+](=O)[O-])c1[O-])c1[nH]c2ccc(Br)cc2c1-c1ccccc1. The van der Waals surface area contributed by atoms with Crippen LogP contribution in [0.3, 0.4) is 0 Å². The number of hydrogen-bond donors (Lipinski definition) is 2. The molecule has 0 aliphatic carbocycles. The monoisotopic (exact) mass is 477 g/mol. The van der Waals surface area contributed by atoms with Crippen molar-refractivity contribution in [3.63, 3.8) is 0 Å². The summed E-state index contributed by atoms with van der Waals surface area (Å²) in [6, 6.07) is 19.0. The molecule has 0 atom stereocenters. The predicted molar refractivity (Wildman–Crippen MR) is 119 cm³/mol. The van der Waals surface area contributed by atoms with Crippen LogP contribution in [0.2, 0.25) is 0 Å². The lowest BCUT2D eigenvalue weighted by Crippen LogP contribution is -2.19. The van der Waals surface area contributed by atoms with Crippen LogP contribution >= 0.6 is 15.9 Å². The number of nitrogens with one attached hydrogen (secondary N) is 2. The summed E-state index contributed by atoms with van der Waals surface area (Å²) >= 11 is 3.46. The first-order valence-corrected chi connectivity index (χ1v) is 9.89. The highest BCUT2D eigenvalue weighted by Gasteiger charge is 2.19. The normalized spacial score (nSPS) is 11.1. The van der Waals surface area contributed by atoms with Gasteiger partial charge in [0, 0.05) is 27.0 Å². The summed E-state index contributed by atoms with van der Waals surface area (Å²) in [6.45, 7) is 0. The molecule has 31 heavy (non-hydrogen) atoms. The van der Waals surface area contributed by atoms with Gasteiger partial charge in [0.15, 0.2) is 0 Å². The topological polar surface area (TPSA) is 123 Å². The maximum Gasteiger partial charge on any atom is 0.288 e. The summed E-state index contributed by atoms with van der Waals surface area (Å²) in [4.78, 5) is 26.2. The first kappa shape index (κ1) is 20.3. The van der Waals surface area contributed by atoms with E-state index in [1.54, 1.807) is 0 Å². The van der Waals surface area contributed by atoms with Gasteiger partial charge in [-0.15, -0.1) is 0 Å². The second-order valence-corrected chi connectivity index (χ2v) is 7.50. The summed E-state index contributed by atoms with van der Waals surface area (Å²) in [5.41, 5.74) is 4.47. The number of nitrogens with zero attached hydrogens (tertiary/aromatic N) is 2. The standard InChI is InChI=1S/C22H15BrN4O4/c23-15-9-10-17-16(11-15)19(13-5-2-1-3-6-13)20(25-17)22(29)26-24-12-14-7-4-8-18(21(14)28)27(30)31/h1-12,25,28H,(H,26,29)/p-1/b24-12-. The van der Waals surface area contributed by atoms with E-state index in [1.165, 1.54) is 12.1 Å². The second-order valence-electron chi connectivity index (χ2n) is 6.58. The molecule has 0 spiro atoms. The van der Waals surface area contributed by atoms with Crippen molar-refractivity contribution >= 4 is 44.6 Å². The Morgan fingerprint density at radius 3 is 2.61 bits per heavy atom. The number of aromatic nitrogens is 1. The van der Waals surface area contributed by atoms with Gasteiger partial charge in [0.05, 0.1) is 11.1 Å². The summed E-state index contributed by atoms with van der Waals surface area (Å²) < 4.78 is 0.870. The number of aromatic amines is 1. The molecule has 154 valence electrons. The highest BCUT2D eigenvalue weighted by Crippen LogP contribution is 2.34. The smallest absolute Gasteiger partial charge is 0.288 e. The van der Waals surface area contributed by atoms with E-state index in [0.717, 1.165) is 33.2 Å². The lowest BCUT2D eigenvalue weighted by Gasteiger charge is -2.09. The number of hydrogen-bond acceptors (Lipinski definition) is 5. The first-order chi connectivity index (χ1) is 15.0. The Morgan fingerprint density at radius 2 is 1.87 bits per heavy atom. The zero-order chi connectivity index (χ0) is 22.0. The average Bonchev–Trinajstić information content (AvgIpc) is 3.14. The molecule has 0 saturated heterocycles. The van der Waals surface area contributed by atoms with Crippen LogP contribution in [0.4, 0.5) is 5.69 Å². The number of para-hydroxylation sites is 1. The number of H-pyrrole nitrogens is 1. The van der Waals surface area contributed by atoms with E-state index in [2.05, 4.69) is 31.4 Å². The number of rotatable bonds is 5. The molecule has 0 bridgehead atoms. The van der Waals surface area contributed by atoms with Crippen LogP contribution in [-0.2, 0) is 0 Å². The van der Waals surface area contributed by atoms with Crippen LogP contribution < -0.4 is 10.5 Å². The zero-order valence-electron chi connectivity index (χ0n) is 15.8. The number of carbonyl (C=O) groups is 1. The Kier molecular flexibility index (Phi) is 5.50. The third-order valence-corrected chi connectivity index (χ3v) is 5.13. The fraction of sp³-hybridized carbons (Fsp3) is 0. The van der Waals surface area contributed by atoms with Crippen LogP contribution in [-0.4, -0.2) is 22.0 Å². The second kappa shape index (κ2) is 8.41. The number of amides is 1. The molecule has 8 nitrogen and oxygen atoms in total. The first-order valence-electron chi connectivity index (χ1n) is 9.10. The molecular formula is C22H14BrN4O4-. The van der Waals surface area contributed by atoms with Gasteiger partial charge in [0.2, 0.25) is 0 Å². The summed E-state index contributed by atoms with van der Waals surface area (Å²) in [5, 5.41) is 27.7. The molecule has 9 heteroatoms. The van der Waals surface area contributed by atoms with Crippen molar-refractivity contribution in [1.29, 1.82) is 0 Å². The van der Waals surface area contributed by atoms with Crippen molar-refractivity contribution in [1.82, 2.24) is 10.4 Å². The average molecular weight is 478 g/mol. The lowest BCUT2D eigenvalue weighted by molar-refractivity contribution is -0.398. The van der Waals surface area contributed by atoms with Crippen molar-refractivity contribution in [2.24, 2.45) is 5.10 Å². The number of hydrazone groups is 1. The van der Waals surface area contributed by atoms with Crippen molar-refractivity contribution in [2.75, 3.05) is 0 Å². The number of carbonyl (C=O) groups excluding carboxylic acids is 1. The van der Waals surface area contributed by atoms with Gasteiger partial charge in [-0.2, -0.15) is 5.10 Å².